The van der Waals surface area contributed by atoms with Crippen LogP contribution in [0.5, 0.6) is 23.0 Å². The summed E-state index contributed by atoms with van der Waals surface area (Å²) in [5.41, 5.74) is 0.144. The van der Waals surface area contributed by atoms with Gasteiger partial charge in [-0.2, -0.15) is 0 Å². The fraction of sp³-hybridized carbons (Fsp3) is 0.265. The Bertz CT molecular complexity index is 1810. The molecule has 0 aromatic heterocycles. The molecule has 0 spiro atoms. The number of amides is 2. The van der Waals surface area contributed by atoms with E-state index in [-0.39, 0.29) is 54.2 Å². The Morgan fingerprint density at radius 1 is 0.577 bits per heavy atom. The third-order valence-electron chi connectivity index (χ3n) is 6.97. The molecule has 0 radical (unpaired) electrons. The highest BCUT2D eigenvalue weighted by atomic mass is 16.8. The number of benzene rings is 3. The summed E-state index contributed by atoms with van der Waals surface area (Å²) in [7, 11) is 5.62. The zero-order valence-electron chi connectivity index (χ0n) is 28.6. The number of carboxylic acids is 1. The number of hydrogen-bond acceptors (Lipinski definition) is 15. The monoisotopic (exact) mass is 726 g/mol. The average Bonchev–Trinajstić information content (AvgIpc) is 3.14. The van der Waals surface area contributed by atoms with Gasteiger partial charge in [-0.25, -0.2) is 24.0 Å². The number of aromatic carboxylic acids is 1. The number of carboxylic acid groups (broad SMARTS) is 1. The molecular formula is C34H34N2O16. The zero-order chi connectivity index (χ0) is 38.4. The van der Waals surface area contributed by atoms with E-state index in [1.165, 1.54) is 77.5 Å². The van der Waals surface area contributed by atoms with Gasteiger partial charge < -0.3 is 52.8 Å². The van der Waals surface area contributed by atoms with Crippen LogP contribution in [0.15, 0.2) is 60.7 Å². The molecule has 3 aromatic carbocycles. The molecule has 0 saturated heterocycles. The molecular weight excluding hydrogens is 692 g/mol. The van der Waals surface area contributed by atoms with Crippen LogP contribution in [0.4, 0.5) is 19.2 Å². The summed E-state index contributed by atoms with van der Waals surface area (Å²) < 4.78 is 38.6. The first-order valence-corrected chi connectivity index (χ1v) is 15.0. The highest BCUT2D eigenvalue weighted by Crippen LogP contribution is 2.34. The Kier molecular flexibility index (Phi) is 14.3. The van der Waals surface area contributed by atoms with Gasteiger partial charge in [-0.05, 0) is 48.4 Å². The maximum absolute atomic E-state index is 14.1. The number of para-hydroxylation sites is 2. The molecule has 0 heterocycles. The van der Waals surface area contributed by atoms with Gasteiger partial charge in [0.25, 0.3) is 11.8 Å². The van der Waals surface area contributed by atoms with Crippen molar-refractivity contribution in [1.82, 2.24) is 9.80 Å². The summed E-state index contributed by atoms with van der Waals surface area (Å²) in [5.74, 6) is -4.03. The second kappa shape index (κ2) is 18.8. The van der Waals surface area contributed by atoms with Crippen molar-refractivity contribution >= 4 is 42.4 Å². The molecule has 3 rings (SSSR count). The Hall–Kier alpha value is -6.85. The zero-order valence-corrected chi connectivity index (χ0v) is 28.6. The number of nitrogens with zero attached hydrogens (tertiary/aromatic N) is 2. The normalized spacial score (nSPS) is 10.2. The Morgan fingerprint density at radius 2 is 1.02 bits per heavy atom. The van der Waals surface area contributed by atoms with Crippen LogP contribution in [0, 0.1) is 0 Å². The standard InChI is InChI=1S/C34H34N2O16/c1-35(28(37)22-9-6-11-24(49-31(41)45-2)26(22)51-33(43)47-4)17-8-18-36(19-20-13-15-21(16-14-20)30(39)40)29(38)23-10-7-12-25(50-32(42)46-3)27(23)52-34(44)48-5/h6-7,9-16H,8,17-19H2,1-5H3,(H,39,40). The molecule has 3 aromatic rings. The topological polar surface area (TPSA) is 220 Å². The minimum absolute atomic E-state index is 0.0112. The predicted octanol–water partition coefficient (Wildman–Crippen LogP) is 4.77. The van der Waals surface area contributed by atoms with E-state index in [9.17, 15) is 38.7 Å². The largest absolute Gasteiger partial charge is 0.513 e. The molecule has 276 valence electrons. The summed E-state index contributed by atoms with van der Waals surface area (Å²) in [6, 6.07) is 13.6. The summed E-state index contributed by atoms with van der Waals surface area (Å²) in [4.78, 5) is 89.4. The highest BCUT2D eigenvalue weighted by Gasteiger charge is 2.28. The second-order valence-electron chi connectivity index (χ2n) is 10.3. The van der Waals surface area contributed by atoms with Gasteiger partial charge in [-0.15, -0.1) is 0 Å². The second-order valence-corrected chi connectivity index (χ2v) is 10.3. The van der Waals surface area contributed by atoms with Crippen LogP contribution in [0.2, 0.25) is 0 Å². The summed E-state index contributed by atoms with van der Waals surface area (Å²) in [5, 5.41) is 9.31. The Balaban J connectivity index is 1.94. The number of ether oxygens (including phenoxy) is 8. The van der Waals surface area contributed by atoms with Crippen molar-refractivity contribution in [2.45, 2.75) is 13.0 Å². The van der Waals surface area contributed by atoms with Crippen LogP contribution >= 0.6 is 0 Å². The Labute approximate surface area is 296 Å². The lowest BCUT2D eigenvalue weighted by molar-refractivity contribution is 0.0688. The van der Waals surface area contributed by atoms with Crippen LogP contribution in [0.25, 0.3) is 0 Å². The number of carbonyl (C=O) groups is 7. The van der Waals surface area contributed by atoms with E-state index in [0.717, 1.165) is 28.4 Å². The molecule has 0 aliphatic rings. The van der Waals surface area contributed by atoms with Gasteiger partial charge in [0, 0.05) is 26.7 Å². The lowest BCUT2D eigenvalue weighted by Gasteiger charge is -2.26. The molecule has 0 bridgehead atoms. The van der Waals surface area contributed by atoms with Crippen molar-refractivity contribution in [3.63, 3.8) is 0 Å². The molecule has 52 heavy (non-hydrogen) atoms. The van der Waals surface area contributed by atoms with Crippen molar-refractivity contribution in [3.8, 4) is 23.0 Å². The van der Waals surface area contributed by atoms with Crippen molar-refractivity contribution in [2.75, 3.05) is 48.6 Å². The molecule has 2 amide bonds. The Morgan fingerprint density at radius 3 is 1.46 bits per heavy atom. The molecule has 0 saturated carbocycles. The number of rotatable bonds is 13. The minimum Gasteiger partial charge on any atom is -0.478 e. The average molecular weight is 727 g/mol. The third kappa shape index (κ3) is 10.6. The van der Waals surface area contributed by atoms with E-state index < -0.39 is 53.9 Å². The van der Waals surface area contributed by atoms with Gasteiger partial charge in [0.05, 0.1) is 45.1 Å². The molecule has 1 N–H and O–H groups in total. The highest BCUT2D eigenvalue weighted by molar-refractivity contribution is 5.99. The molecule has 0 aliphatic heterocycles. The van der Waals surface area contributed by atoms with E-state index in [1.807, 2.05) is 0 Å². The van der Waals surface area contributed by atoms with Gasteiger partial charge in [0.2, 0.25) is 0 Å². The number of methoxy groups -OCH3 is 4. The van der Waals surface area contributed by atoms with Gasteiger partial charge in [-0.3, -0.25) is 9.59 Å². The maximum atomic E-state index is 14.1. The van der Waals surface area contributed by atoms with E-state index in [4.69, 9.17) is 18.9 Å². The van der Waals surface area contributed by atoms with Gasteiger partial charge >= 0.3 is 30.6 Å². The lowest BCUT2D eigenvalue weighted by atomic mass is 10.1. The van der Waals surface area contributed by atoms with E-state index in [2.05, 4.69) is 18.9 Å². The molecule has 0 aliphatic carbocycles. The number of carbonyl (C=O) groups excluding carboxylic acids is 6. The van der Waals surface area contributed by atoms with Crippen LogP contribution in [-0.2, 0) is 25.5 Å². The molecule has 0 fully saturated rings. The van der Waals surface area contributed by atoms with Crippen molar-refractivity contribution in [3.05, 3.63) is 82.9 Å². The number of hydrogen-bond donors (Lipinski definition) is 1. The first kappa shape index (κ1) is 39.6. The van der Waals surface area contributed by atoms with Crippen LogP contribution in [0.1, 0.15) is 43.1 Å². The summed E-state index contributed by atoms with van der Waals surface area (Å²) in [6.45, 7) is -0.106. The quantitative estimate of drug-likeness (QED) is 0.142. The molecule has 18 heteroatoms. The fourth-order valence-corrected chi connectivity index (χ4v) is 4.45. The van der Waals surface area contributed by atoms with Crippen LogP contribution < -0.4 is 18.9 Å². The van der Waals surface area contributed by atoms with Crippen LogP contribution in [-0.4, -0.2) is 106 Å². The molecule has 0 unspecified atom stereocenters. The lowest BCUT2D eigenvalue weighted by Crippen LogP contribution is -2.35. The minimum atomic E-state index is -1.22. The fourth-order valence-electron chi connectivity index (χ4n) is 4.45. The summed E-state index contributed by atoms with van der Waals surface area (Å²) in [6.07, 6.45) is -4.58. The van der Waals surface area contributed by atoms with Crippen molar-refractivity contribution < 1.29 is 76.6 Å². The third-order valence-corrected chi connectivity index (χ3v) is 6.97. The SMILES string of the molecule is COC(=O)Oc1cccc(C(=O)N(C)CCCN(Cc2ccc(C(=O)O)cc2)C(=O)c2cccc(OC(=O)OC)c2OC(=O)OC)c1OC(=O)OC. The molecule has 0 atom stereocenters. The predicted molar refractivity (Wildman–Crippen MR) is 175 cm³/mol. The van der Waals surface area contributed by atoms with Crippen LogP contribution in [0.3, 0.4) is 0 Å². The van der Waals surface area contributed by atoms with E-state index in [0.29, 0.717) is 5.56 Å². The maximum Gasteiger partial charge on any atom is 0.513 e. The van der Waals surface area contributed by atoms with Gasteiger partial charge in [-0.1, -0.05) is 24.3 Å². The first-order valence-electron chi connectivity index (χ1n) is 15.0. The van der Waals surface area contributed by atoms with Crippen molar-refractivity contribution in [1.29, 1.82) is 0 Å². The smallest absolute Gasteiger partial charge is 0.478 e. The van der Waals surface area contributed by atoms with Crippen molar-refractivity contribution in [2.24, 2.45) is 0 Å². The van der Waals surface area contributed by atoms with E-state index >= 15 is 0 Å². The molecule has 18 nitrogen and oxygen atoms in total. The summed E-state index contributed by atoms with van der Waals surface area (Å²) >= 11 is 0. The van der Waals surface area contributed by atoms with Gasteiger partial charge in [0.15, 0.2) is 23.0 Å². The first-order chi connectivity index (χ1) is 24.8. The van der Waals surface area contributed by atoms with E-state index in [1.54, 1.807) is 0 Å². The van der Waals surface area contributed by atoms with Gasteiger partial charge in [0.1, 0.15) is 0 Å².